The lowest BCUT2D eigenvalue weighted by atomic mass is 10.2. The van der Waals surface area contributed by atoms with Crippen LogP contribution in [0.3, 0.4) is 0 Å². The van der Waals surface area contributed by atoms with E-state index < -0.39 is 0 Å². The van der Waals surface area contributed by atoms with Crippen molar-refractivity contribution in [2.45, 2.75) is 0 Å². The van der Waals surface area contributed by atoms with E-state index in [0.29, 0.717) is 38.7 Å². The Hall–Kier alpha value is -2.91. The summed E-state index contributed by atoms with van der Waals surface area (Å²) in [5.74, 6) is 0.205. The number of oxazole rings is 1. The number of fused-ring (bicyclic) bond motifs is 1. The van der Waals surface area contributed by atoms with Crippen LogP contribution >= 0.6 is 11.3 Å². The molecule has 2 amide bonds. The molecule has 2 saturated heterocycles. The minimum atomic E-state index is 0.0671. The Morgan fingerprint density at radius 3 is 2.35 bits per heavy atom. The van der Waals surface area contributed by atoms with Gasteiger partial charge in [0.2, 0.25) is 5.91 Å². The molecule has 0 atom stereocenters. The number of amides is 2. The Morgan fingerprint density at radius 1 is 0.903 bits per heavy atom. The van der Waals surface area contributed by atoms with Crippen LogP contribution in [-0.2, 0) is 4.79 Å². The van der Waals surface area contributed by atoms with E-state index in [1.165, 1.54) is 11.3 Å². The maximum Gasteiger partial charge on any atom is 0.298 e. The number of aromatic nitrogens is 1. The van der Waals surface area contributed by atoms with Gasteiger partial charge in [0.15, 0.2) is 5.58 Å². The third-order valence-corrected chi connectivity index (χ3v) is 6.79. The second-order valence-electron chi connectivity index (χ2n) is 7.88. The zero-order valence-corrected chi connectivity index (χ0v) is 18.1. The van der Waals surface area contributed by atoms with Gasteiger partial charge in [-0.15, -0.1) is 11.3 Å². The third-order valence-electron chi connectivity index (χ3n) is 5.94. The minimum Gasteiger partial charge on any atom is -0.423 e. The van der Waals surface area contributed by atoms with Crippen LogP contribution in [0.4, 0.5) is 6.01 Å². The molecule has 3 aromatic rings. The highest BCUT2D eigenvalue weighted by molar-refractivity contribution is 7.12. The number of thiophene rings is 1. The van der Waals surface area contributed by atoms with Crippen molar-refractivity contribution in [3.63, 3.8) is 0 Å². The lowest BCUT2D eigenvalue weighted by Crippen LogP contribution is -2.54. The van der Waals surface area contributed by atoms with Crippen molar-refractivity contribution in [2.75, 3.05) is 63.8 Å². The maximum absolute atomic E-state index is 12.8. The van der Waals surface area contributed by atoms with Crippen LogP contribution in [-0.4, -0.2) is 90.4 Å². The summed E-state index contributed by atoms with van der Waals surface area (Å²) >= 11 is 1.46. The molecule has 2 fully saturated rings. The van der Waals surface area contributed by atoms with E-state index in [0.717, 1.165) is 42.2 Å². The van der Waals surface area contributed by atoms with E-state index in [-0.39, 0.29) is 11.8 Å². The Kier molecular flexibility index (Phi) is 5.61. The molecule has 2 aliphatic heterocycles. The molecule has 0 aliphatic carbocycles. The second kappa shape index (κ2) is 8.68. The second-order valence-corrected chi connectivity index (χ2v) is 8.83. The predicted octanol–water partition coefficient (Wildman–Crippen LogP) is 2.00. The molecule has 0 bridgehead atoms. The highest BCUT2D eigenvalue weighted by atomic mass is 32.1. The van der Waals surface area contributed by atoms with Crippen molar-refractivity contribution in [1.29, 1.82) is 0 Å². The molecule has 5 rings (SSSR count). The van der Waals surface area contributed by atoms with Crippen molar-refractivity contribution in [3.8, 4) is 0 Å². The molecule has 8 nitrogen and oxygen atoms in total. The topological polar surface area (TPSA) is 73.1 Å². The van der Waals surface area contributed by atoms with Gasteiger partial charge >= 0.3 is 0 Å². The van der Waals surface area contributed by atoms with Crippen LogP contribution < -0.4 is 4.90 Å². The Bertz CT molecular complexity index is 1020. The molecule has 0 radical (unpaired) electrons. The quantitative estimate of drug-likeness (QED) is 0.619. The SMILES string of the molecule is O=C(CN1CCN(c2nc3ccccc3o2)CC1)N1CCN(C(=O)c2cccs2)CC1. The summed E-state index contributed by atoms with van der Waals surface area (Å²) < 4.78 is 5.86. The van der Waals surface area contributed by atoms with Crippen LogP contribution in [0.1, 0.15) is 9.67 Å². The molecular formula is C22H25N5O3S. The molecule has 162 valence electrons. The number of rotatable bonds is 4. The minimum absolute atomic E-state index is 0.0671. The normalized spacial score (nSPS) is 18.0. The third kappa shape index (κ3) is 4.28. The molecule has 2 aliphatic rings. The van der Waals surface area contributed by atoms with Gasteiger partial charge in [-0.3, -0.25) is 14.5 Å². The van der Waals surface area contributed by atoms with Crippen molar-refractivity contribution < 1.29 is 14.0 Å². The molecule has 2 aromatic heterocycles. The number of hydrogen-bond donors (Lipinski definition) is 0. The molecule has 0 unspecified atom stereocenters. The first-order chi connectivity index (χ1) is 15.2. The van der Waals surface area contributed by atoms with Gasteiger partial charge < -0.3 is 19.1 Å². The number of nitrogens with zero attached hydrogens (tertiary/aromatic N) is 5. The number of piperazine rings is 2. The fourth-order valence-corrected chi connectivity index (χ4v) is 4.79. The molecule has 4 heterocycles. The summed E-state index contributed by atoms with van der Waals surface area (Å²) in [6, 6.07) is 12.2. The fourth-order valence-electron chi connectivity index (χ4n) is 4.10. The van der Waals surface area contributed by atoms with E-state index in [1.807, 2.05) is 51.6 Å². The molecule has 9 heteroatoms. The van der Waals surface area contributed by atoms with Gasteiger partial charge in [-0.25, -0.2) is 0 Å². The average molecular weight is 440 g/mol. The number of carbonyl (C=O) groups is 2. The van der Waals surface area contributed by atoms with E-state index in [1.54, 1.807) is 0 Å². The van der Waals surface area contributed by atoms with Gasteiger partial charge in [-0.05, 0) is 23.6 Å². The number of para-hydroxylation sites is 2. The van der Waals surface area contributed by atoms with Crippen LogP contribution in [0.5, 0.6) is 0 Å². The summed E-state index contributed by atoms with van der Waals surface area (Å²) in [5.41, 5.74) is 1.67. The van der Waals surface area contributed by atoms with Crippen molar-refractivity contribution in [3.05, 3.63) is 46.7 Å². The number of benzene rings is 1. The van der Waals surface area contributed by atoms with Crippen molar-refractivity contribution in [1.82, 2.24) is 19.7 Å². The summed E-state index contributed by atoms with van der Waals surface area (Å²) in [6.45, 7) is 5.94. The van der Waals surface area contributed by atoms with Gasteiger partial charge in [0, 0.05) is 52.4 Å². The smallest absolute Gasteiger partial charge is 0.298 e. The lowest BCUT2D eigenvalue weighted by molar-refractivity contribution is -0.134. The number of carbonyl (C=O) groups excluding carboxylic acids is 2. The molecule has 0 saturated carbocycles. The van der Waals surface area contributed by atoms with Gasteiger partial charge in [0.1, 0.15) is 5.52 Å². The van der Waals surface area contributed by atoms with E-state index in [9.17, 15) is 9.59 Å². The average Bonchev–Trinajstić information content (AvgIpc) is 3.49. The standard InChI is InChI=1S/C22H25N5O3S/c28-20(25-11-13-26(14-12-25)21(29)19-6-3-15-31-19)16-24-7-9-27(10-8-24)22-23-17-4-1-2-5-18(17)30-22/h1-6,15H,7-14,16H2. The Morgan fingerprint density at radius 2 is 1.65 bits per heavy atom. The van der Waals surface area contributed by atoms with Gasteiger partial charge in [-0.2, -0.15) is 4.98 Å². The van der Waals surface area contributed by atoms with Crippen LogP contribution in [0.2, 0.25) is 0 Å². The first kappa shape index (κ1) is 20.0. The van der Waals surface area contributed by atoms with Crippen molar-refractivity contribution in [2.24, 2.45) is 0 Å². The zero-order chi connectivity index (χ0) is 21.2. The molecular weight excluding hydrogens is 414 g/mol. The summed E-state index contributed by atoms with van der Waals surface area (Å²) in [5, 5.41) is 1.91. The Balaban J connectivity index is 1.09. The largest absolute Gasteiger partial charge is 0.423 e. The maximum atomic E-state index is 12.8. The van der Waals surface area contributed by atoms with Gasteiger partial charge in [-0.1, -0.05) is 18.2 Å². The summed E-state index contributed by atoms with van der Waals surface area (Å²) in [6.07, 6.45) is 0. The highest BCUT2D eigenvalue weighted by Crippen LogP contribution is 2.22. The summed E-state index contributed by atoms with van der Waals surface area (Å²) in [4.78, 5) is 38.6. The predicted molar refractivity (Wildman–Crippen MR) is 119 cm³/mol. The Labute approximate surface area is 184 Å². The first-order valence-electron chi connectivity index (χ1n) is 10.6. The molecule has 0 spiro atoms. The summed E-state index contributed by atoms with van der Waals surface area (Å²) in [7, 11) is 0. The van der Waals surface area contributed by atoms with E-state index >= 15 is 0 Å². The first-order valence-corrected chi connectivity index (χ1v) is 11.5. The van der Waals surface area contributed by atoms with Gasteiger partial charge in [0.05, 0.1) is 11.4 Å². The van der Waals surface area contributed by atoms with Gasteiger partial charge in [0.25, 0.3) is 11.9 Å². The monoisotopic (exact) mass is 439 g/mol. The van der Waals surface area contributed by atoms with Crippen LogP contribution in [0, 0.1) is 0 Å². The van der Waals surface area contributed by atoms with Crippen molar-refractivity contribution >= 4 is 40.3 Å². The number of hydrogen-bond acceptors (Lipinski definition) is 7. The highest BCUT2D eigenvalue weighted by Gasteiger charge is 2.28. The van der Waals surface area contributed by atoms with Crippen LogP contribution in [0.15, 0.2) is 46.2 Å². The fraction of sp³-hybridized carbons (Fsp3) is 0.409. The molecule has 31 heavy (non-hydrogen) atoms. The lowest BCUT2D eigenvalue weighted by Gasteiger charge is -2.37. The number of anilines is 1. The van der Waals surface area contributed by atoms with Crippen LogP contribution in [0.25, 0.3) is 11.1 Å². The zero-order valence-electron chi connectivity index (χ0n) is 17.3. The van der Waals surface area contributed by atoms with E-state index in [4.69, 9.17) is 4.42 Å². The molecule has 0 N–H and O–H groups in total. The van der Waals surface area contributed by atoms with E-state index in [2.05, 4.69) is 14.8 Å². The molecule has 1 aromatic carbocycles.